The van der Waals surface area contributed by atoms with E-state index < -0.39 is 0 Å². The summed E-state index contributed by atoms with van der Waals surface area (Å²) in [6.07, 6.45) is 3.92. The van der Waals surface area contributed by atoms with Crippen LogP contribution in [-0.2, 0) is 17.9 Å². The standard InChI is InChI=1S/C18H22N4O2/c1-24-13-16-15(12-20-18(21-16)22-9-5-6-10-22)17(23)19-11-14-7-3-2-4-8-14/h2-4,7-8,12H,5-6,9-11,13H2,1H3,(H,19,23). The molecule has 1 saturated heterocycles. The lowest BCUT2D eigenvalue weighted by Gasteiger charge is -2.17. The number of nitrogens with one attached hydrogen (secondary N) is 1. The van der Waals surface area contributed by atoms with Gasteiger partial charge in [-0.1, -0.05) is 30.3 Å². The zero-order valence-corrected chi connectivity index (χ0v) is 13.9. The van der Waals surface area contributed by atoms with Gasteiger partial charge in [-0.25, -0.2) is 9.97 Å². The minimum atomic E-state index is -0.182. The molecule has 24 heavy (non-hydrogen) atoms. The van der Waals surface area contributed by atoms with E-state index in [9.17, 15) is 4.79 Å². The van der Waals surface area contributed by atoms with Gasteiger partial charge in [-0.3, -0.25) is 4.79 Å². The molecular formula is C18H22N4O2. The highest BCUT2D eigenvalue weighted by Crippen LogP contribution is 2.18. The Morgan fingerprint density at radius 2 is 2.00 bits per heavy atom. The lowest BCUT2D eigenvalue weighted by molar-refractivity contribution is 0.0944. The normalized spacial score (nSPS) is 14.0. The summed E-state index contributed by atoms with van der Waals surface area (Å²) in [5, 5.41) is 2.91. The fourth-order valence-electron chi connectivity index (χ4n) is 2.79. The van der Waals surface area contributed by atoms with Gasteiger partial charge >= 0.3 is 0 Å². The predicted molar refractivity (Wildman–Crippen MR) is 91.8 cm³/mol. The Morgan fingerprint density at radius 3 is 2.71 bits per heavy atom. The van der Waals surface area contributed by atoms with Crippen molar-refractivity contribution in [1.82, 2.24) is 15.3 Å². The summed E-state index contributed by atoms with van der Waals surface area (Å²) >= 11 is 0. The van der Waals surface area contributed by atoms with Crippen LogP contribution in [-0.4, -0.2) is 36.1 Å². The van der Waals surface area contributed by atoms with Gasteiger partial charge in [0.25, 0.3) is 5.91 Å². The van der Waals surface area contributed by atoms with E-state index in [1.54, 1.807) is 13.3 Å². The fourth-order valence-corrected chi connectivity index (χ4v) is 2.79. The van der Waals surface area contributed by atoms with Crippen molar-refractivity contribution in [3.63, 3.8) is 0 Å². The monoisotopic (exact) mass is 326 g/mol. The van der Waals surface area contributed by atoms with E-state index in [0.717, 1.165) is 31.5 Å². The molecule has 126 valence electrons. The van der Waals surface area contributed by atoms with Gasteiger partial charge < -0.3 is 15.0 Å². The van der Waals surface area contributed by atoms with Gasteiger partial charge in [0.05, 0.1) is 17.9 Å². The van der Waals surface area contributed by atoms with E-state index in [1.807, 2.05) is 30.3 Å². The topological polar surface area (TPSA) is 67.3 Å². The van der Waals surface area contributed by atoms with E-state index in [0.29, 0.717) is 23.8 Å². The summed E-state index contributed by atoms with van der Waals surface area (Å²) in [6, 6.07) is 9.80. The van der Waals surface area contributed by atoms with Crippen LogP contribution in [0.1, 0.15) is 34.5 Å². The Kier molecular flexibility index (Phi) is 5.38. The van der Waals surface area contributed by atoms with Gasteiger partial charge in [-0.2, -0.15) is 0 Å². The quantitative estimate of drug-likeness (QED) is 0.881. The molecule has 1 aliphatic heterocycles. The van der Waals surface area contributed by atoms with Crippen molar-refractivity contribution in [2.75, 3.05) is 25.1 Å². The summed E-state index contributed by atoms with van der Waals surface area (Å²) in [6.45, 7) is 2.69. The molecule has 0 radical (unpaired) electrons. The molecule has 0 spiro atoms. The SMILES string of the molecule is COCc1nc(N2CCCC2)ncc1C(=O)NCc1ccccc1. The molecule has 1 aromatic carbocycles. The second kappa shape index (κ2) is 7.88. The smallest absolute Gasteiger partial charge is 0.255 e. The number of methoxy groups -OCH3 is 1. The van der Waals surface area contributed by atoms with Crippen LogP contribution < -0.4 is 10.2 Å². The van der Waals surface area contributed by atoms with Crippen molar-refractivity contribution >= 4 is 11.9 Å². The molecule has 0 unspecified atom stereocenters. The highest BCUT2D eigenvalue weighted by molar-refractivity contribution is 5.95. The molecule has 1 aromatic heterocycles. The van der Waals surface area contributed by atoms with Crippen LogP contribution >= 0.6 is 0 Å². The molecule has 3 rings (SSSR count). The highest BCUT2D eigenvalue weighted by Gasteiger charge is 2.19. The second-order valence-electron chi connectivity index (χ2n) is 5.83. The summed E-state index contributed by atoms with van der Waals surface area (Å²) in [7, 11) is 1.60. The van der Waals surface area contributed by atoms with Crippen LogP contribution in [0.5, 0.6) is 0 Å². The van der Waals surface area contributed by atoms with Crippen molar-refractivity contribution in [3.8, 4) is 0 Å². The van der Waals surface area contributed by atoms with Crippen LogP contribution in [0.4, 0.5) is 5.95 Å². The molecule has 0 bridgehead atoms. The van der Waals surface area contributed by atoms with Crippen LogP contribution in [0.15, 0.2) is 36.5 Å². The molecule has 1 N–H and O–H groups in total. The first-order valence-corrected chi connectivity index (χ1v) is 8.20. The number of benzene rings is 1. The number of hydrogen-bond acceptors (Lipinski definition) is 5. The first kappa shape index (κ1) is 16.4. The van der Waals surface area contributed by atoms with Crippen molar-refractivity contribution in [3.05, 3.63) is 53.3 Å². The molecule has 6 nitrogen and oxygen atoms in total. The average Bonchev–Trinajstić information content (AvgIpc) is 3.15. The van der Waals surface area contributed by atoms with E-state index in [4.69, 9.17) is 4.74 Å². The maximum absolute atomic E-state index is 12.5. The van der Waals surface area contributed by atoms with Crippen molar-refractivity contribution < 1.29 is 9.53 Å². The largest absolute Gasteiger partial charge is 0.378 e. The fraction of sp³-hybridized carbons (Fsp3) is 0.389. The predicted octanol–water partition coefficient (Wildman–Crippen LogP) is 2.15. The number of aromatic nitrogens is 2. The third kappa shape index (κ3) is 3.89. The van der Waals surface area contributed by atoms with E-state index >= 15 is 0 Å². The lowest BCUT2D eigenvalue weighted by atomic mass is 10.2. The Morgan fingerprint density at radius 1 is 1.25 bits per heavy atom. The van der Waals surface area contributed by atoms with Gasteiger partial charge in [0.2, 0.25) is 5.95 Å². The molecule has 0 aliphatic carbocycles. The van der Waals surface area contributed by atoms with Gasteiger partial charge in [0.15, 0.2) is 0 Å². The number of ether oxygens (including phenoxy) is 1. The maximum atomic E-state index is 12.5. The molecule has 2 heterocycles. The minimum absolute atomic E-state index is 0.182. The molecule has 0 atom stereocenters. The minimum Gasteiger partial charge on any atom is -0.378 e. The van der Waals surface area contributed by atoms with Crippen LogP contribution in [0, 0.1) is 0 Å². The Labute approximate surface area is 141 Å². The van der Waals surface area contributed by atoms with Gasteiger partial charge in [0, 0.05) is 32.9 Å². The molecule has 1 fully saturated rings. The zero-order valence-electron chi connectivity index (χ0n) is 13.9. The Bertz CT molecular complexity index is 685. The van der Waals surface area contributed by atoms with E-state index in [1.165, 1.54) is 0 Å². The van der Waals surface area contributed by atoms with Gasteiger partial charge in [0.1, 0.15) is 0 Å². The third-order valence-corrected chi connectivity index (χ3v) is 4.07. The number of hydrogen-bond donors (Lipinski definition) is 1. The number of nitrogens with zero attached hydrogens (tertiary/aromatic N) is 3. The van der Waals surface area contributed by atoms with Crippen LogP contribution in [0.3, 0.4) is 0 Å². The highest BCUT2D eigenvalue weighted by atomic mass is 16.5. The molecular weight excluding hydrogens is 304 g/mol. The summed E-state index contributed by atoms with van der Waals surface area (Å²) in [4.78, 5) is 23.6. The number of anilines is 1. The molecule has 2 aromatic rings. The molecule has 0 saturated carbocycles. The Balaban J connectivity index is 1.74. The lowest BCUT2D eigenvalue weighted by Crippen LogP contribution is -2.26. The van der Waals surface area contributed by atoms with Crippen molar-refractivity contribution in [1.29, 1.82) is 0 Å². The maximum Gasteiger partial charge on any atom is 0.255 e. The Hall–Kier alpha value is -2.47. The first-order chi connectivity index (χ1) is 11.8. The van der Waals surface area contributed by atoms with Crippen molar-refractivity contribution in [2.45, 2.75) is 26.0 Å². The molecule has 1 amide bonds. The van der Waals surface area contributed by atoms with E-state index in [-0.39, 0.29) is 12.5 Å². The van der Waals surface area contributed by atoms with Crippen LogP contribution in [0.25, 0.3) is 0 Å². The molecule has 1 aliphatic rings. The number of carbonyl (C=O) groups is 1. The molecule has 6 heteroatoms. The van der Waals surface area contributed by atoms with E-state index in [2.05, 4.69) is 20.2 Å². The summed E-state index contributed by atoms with van der Waals surface area (Å²) in [5.74, 6) is 0.498. The number of rotatable bonds is 6. The number of amides is 1. The first-order valence-electron chi connectivity index (χ1n) is 8.20. The zero-order chi connectivity index (χ0) is 16.8. The third-order valence-electron chi connectivity index (χ3n) is 4.07. The number of carbonyl (C=O) groups excluding carboxylic acids is 1. The van der Waals surface area contributed by atoms with Gasteiger partial charge in [-0.15, -0.1) is 0 Å². The summed E-state index contributed by atoms with van der Waals surface area (Å²) in [5.41, 5.74) is 2.14. The second-order valence-corrected chi connectivity index (χ2v) is 5.83. The average molecular weight is 326 g/mol. The van der Waals surface area contributed by atoms with Gasteiger partial charge in [-0.05, 0) is 18.4 Å². The summed E-state index contributed by atoms with van der Waals surface area (Å²) < 4.78 is 5.21. The van der Waals surface area contributed by atoms with Crippen molar-refractivity contribution in [2.24, 2.45) is 0 Å². The van der Waals surface area contributed by atoms with Crippen LogP contribution in [0.2, 0.25) is 0 Å².